The third-order valence-corrected chi connectivity index (χ3v) is 3.15. The van der Waals surface area contributed by atoms with Gasteiger partial charge in [-0.3, -0.25) is 10.1 Å². The normalized spacial score (nSPS) is 10.5. The number of rotatable bonds is 5. The number of H-pyrrole nitrogens is 1. The van der Waals surface area contributed by atoms with E-state index in [1.54, 1.807) is 6.92 Å². The van der Waals surface area contributed by atoms with Crippen molar-refractivity contribution in [3.8, 4) is 11.6 Å². The molecule has 0 saturated carbocycles. The monoisotopic (exact) mass is 328 g/mol. The quantitative estimate of drug-likeness (QED) is 0.434. The topological polar surface area (TPSA) is 120 Å². The zero-order chi connectivity index (χ0) is 17.1. The fourth-order valence-corrected chi connectivity index (χ4v) is 2.06. The lowest BCUT2D eigenvalue weighted by Gasteiger charge is -2.04. The molecule has 0 saturated heterocycles. The summed E-state index contributed by atoms with van der Waals surface area (Å²) in [5.41, 5.74) is 0.618. The number of carbonyl (C=O) groups is 1. The first-order chi connectivity index (χ1) is 11.6. The molecule has 3 aromatic rings. The minimum Gasteiger partial charge on any atom is -0.461 e. The molecule has 0 aliphatic rings. The minimum atomic E-state index is -0.503. The molecule has 3 rings (SSSR count). The summed E-state index contributed by atoms with van der Waals surface area (Å²) >= 11 is 0. The van der Waals surface area contributed by atoms with Gasteiger partial charge < -0.3 is 14.5 Å². The standard InChI is InChI=1S/C15H12N4O5/c1-2-23-15(20)12-7-11-13(18-12)16-8-17-14(11)24-10-5-3-9(4-6-10)19(21)22/h3-8H,2H2,1H3,(H,16,17,18). The molecule has 0 spiro atoms. The van der Waals surface area contributed by atoms with Crippen LogP contribution in [0.4, 0.5) is 5.69 Å². The van der Waals surface area contributed by atoms with Crippen molar-refractivity contribution in [2.24, 2.45) is 0 Å². The predicted octanol–water partition coefficient (Wildman–Crippen LogP) is 2.84. The third kappa shape index (κ3) is 3.00. The number of hydrogen-bond donors (Lipinski definition) is 1. The van der Waals surface area contributed by atoms with E-state index in [9.17, 15) is 14.9 Å². The molecule has 0 fully saturated rings. The Hall–Kier alpha value is -3.49. The van der Waals surface area contributed by atoms with E-state index in [1.807, 2.05) is 0 Å². The Morgan fingerprint density at radius 3 is 2.71 bits per heavy atom. The average molecular weight is 328 g/mol. The maximum atomic E-state index is 11.8. The van der Waals surface area contributed by atoms with Crippen LogP contribution in [-0.4, -0.2) is 32.5 Å². The number of hydrogen-bond acceptors (Lipinski definition) is 7. The van der Waals surface area contributed by atoms with Gasteiger partial charge in [-0.05, 0) is 25.1 Å². The fourth-order valence-electron chi connectivity index (χ4n) is 2.06. The van der Waals surface area contributed by atoms with Crippen molar-refractivity contribution in [1.29, 1.82) is 0 Å². The highest BCUT2D eigenvalue weighted by molar-refractivity contribution is 5.95. The van der Waals surface area contributed by atoms with Crippen molar-refractivity contribution >= 4 is 22.7 Å². The van der Waals surface area contributed by atoms with Crippen LogP contribution in [-0.2, 0) is 4.74 Å². The van der Waals surface area contributed by atoms with Crippen molar-refractivity contribution in [3.05, 3.63) is 52.5 Å². The first kappa shape index (κ1) is 15.4. The summed E-state index contributed by atoms with van der Waals surface area (Å²) in [6, 6.07) is 7.12. The molecule has 24 heavy (non-hydrogen) atoms. The van der Waals surface area contributed by atoms with E-state index in [-0.39, 0.29) is 23.9 Å². The number of nitro benzene ring substituents is 1. The van der Waals surface area contributed by atoms with Gasteiger partial charge in [0.25, 0.3) is 5.69 Å². The number of nitrogens with zero attached hydrogens (tertiary/aromatic N) is 3. The van der Waals surface area contributed by atoms with Crippen LogP contribution in [0.5, 0.6) is 11.6 Å². The molecule has 9 nitrogen and oxygen atoms in total. The van der Waals surface area contributed by atoms with Crippen molar-refractivity contribution in [1.82, 2.24) is 15.0 Å². The molecule has 1 N–H and O–H groups in total. The minimum absolute atomic E-state index is 0.0403. The number of fused-ring (bicyclic) bond motifs is 1. The Balaban J connectivity index is 1.91. The SMILES string of the molecule is CCOC(=O)c1cc2c(Oc3ccc([N+](=O)[O-])cc3)ncnc2[nH]1. The highest BCUT2D eigenvalue weighted by Crippen LogP contribution is 2.28. The molecule has 0 amide bonds. The molecule has 2 aromatic heterocycles. The van der Waals surface area contributed by atoms with Crippen LogP contribution in [0.3, 0.4) is 0 Å². The van der Waals surface area contributed by atoms with Gasteiger partial charge in [0, 0.05) is 12.1 Å². The second kappa shape index (κ2) is 6.32. The van der Waals surface area contributed by atoms with Crippen LogP contribution >= 0.6 is 0 Å². The molecule has 0 unspecified atom stereocenters. The average Bonchev–Trinajstić information content (AvgIpc) is 3.01. The summed E-state index contributed by atoms with van der Waals surface area (Å²) in [5, 5.41) is 11.2. The van der Waals surface area contributed by atoms with Gasteiger partial charge in [0.1, 0.15) is 23.4 Å². The Bertz CT molecular complexity index is 904. The number of aromatic nitrogens is 3. The van der Waals surface area contributed by atoms with Crippen molar-refractivity contribution in [2.45, 2.75) is 6.92 Å². The van der Waals surface area contributed by atoms with Gasteiger partial charge in [0.15, 0.2) is 0 Å². The maximum absolute atomic E-state index is 11.8. The highest BCUT2D eigenvalue weighted by atomic mass is 16.6. The van der Waals surface area contributed by atoms with E-state index in [2.05, 4.69) is 15.0 Å². The number of nitro groups is 1. The van der Waals surface area contributed by atoms with Crippen molar-refractivity contribution < 1.29 is 19.2 Å². The second-order valence-corrected chi connectivity index (χ2v) is 4.70. The smallest absolute Gasteiger partial charge is 0.354 e. The van der Waals surface area contributed by atoms with Crippen LogP contribution in [0.25, 0.3) is 11.0 Å². The van der Waals surface area contributed by atoms with Gasteiger partial charge in [-0.2, -0.15) is 0 Å². The molecular weight excluding hydrogens is 316 g/mol. The number of carbonyl (C=O) groups excluding carboxylic acids is 1. The molecule has 0 radical (unpaired) electrons. The summed E-state index contributed by atoms with van der Waals surface area (Å²) in [6.07, 6.45) is 1.29. The lowest BCUT2D eigenvalue weighted by molar-refractivity contribution is -0.384. The van der Waals surface area contributed by atoms with Crippen LogP contribution < -0.4 is 4.74 Å². The van der Waals surface area contributed by atoms with Crippen LogP contribution in [0.2, 0.25) is 0 Å². The molecular formula is C15H12N4O5. The molecule has 0 atom stereocenters. The number of non-ortho nitro benzene ring substituents is 1. The van der Waals surface area contributed by atoms with Crippen molar-refractivity contribution in [3.63, 3.8) is 0 Å². The lowest BCUT2D eigenvalue weighted by Crippen LogP contribution is -2.04. The number of esters is 1. The van der Waals surface area contributed by atoms with E-state index in [0.29, 0.717) is 16.8 Å². The summed E-state index contributed by atoms with van der Waals surface area (Å²) in [6.45, 7) is 1.97. The second-order valence-electron chi connectivity index (χ2n) is 4.70. The summed E-state index contributed by atoms with van der Waals surface area (Å²) in [4.78, 5) is 32.9. The van der Waals surface area contributed by atoms with E-state index in [4.69, 9.17) is 9.47 Å². The fraction of sp³-hybridized carbons (Fsp3) is 0.133. The Morgan fingerprint density at radius 2 is 2.04 bits per heavy atom. The van der Waals surface area contributed by atoms with Gasteiger partial charge in [-0.25, -0.2) is 14.8 Å². The lowest BCUT2D eigenvalue weighted by atomic mass is 10.3. The zero-order valence-corrected chi connectivity index (χ0v) is 12.6. The van der Waals surface area contributed by atoms with Gasteiger partial charge in [0.05, 0.1) is 16.9 Å². The van der Waals surface area contributed by atoms with Gasteiger partial charge in [-0.1, -0.05) is 0 Å². The van der Waals surface area contributed by atoms with Gasteiger partial charge in [-0.15, -0.1) is 0 Å². The van der Waals surface area contributed by atoms with E-state index in [0.717, 1.165) is 0 Å². The summed E-state index contributed by atoms with van der Waals surface area (Å²) in [5.74, 6) is 0.0944. The largest absolute Gasteiger partial charge is 0.461 e. The van der Waals surface area contributed by atoms with E-state index < -0.39 is 10.9 Å². The predicted molar refractivity (Wildman–Crippen MR) is 83.0 cm³/mol. The summed E-state index contributed by atoms with van der Waals surface area (Å²) in [7, 11) is 0. The Morgan fingerprint density at radius 1 is 1.29 bits per heavy atom. The molecule has 0 bridgehead atoms. The first-order valence-corrected chi connectivity index (χ1v) is 7.01. The van der Waals surface area contributed by atoms with Crippen LogP contribution in [0.15, 0.2) is 36.7 Å². The number of nitrogens with one attached hydrogen (secondary N) is 1. The molecule has 2 heterocycles. The third-order valence-electron chi connectivity index (χ3n) is 3.15. The molecule has 0 aliphatic heterocycles. The highest BCUT2D eigenvalue weighted by Gasteiger charge is 2.15. The Kier molecular flexibility index (Phi) is 4.06. The number of ether oxygens (including phenoxy) is 2. The first-order valence-electron chi connectivity index (χ1n) is 7.01. The van der Waals surface area contributed by atoms with Gasteiger partial charge in [0.2, 0.25) is 5.88 Å². The molecule has 1 aromatic carbocycles. The zero-order valence-electron chi connectivity index (χ0n) is 12.6. The van der Waals surface area contributed by atoms with Crippen LogP contribution in [0.1, 0.15) is 17.4 Å². The van der Waals surface area contributed by atoms with E-state index in [1.165, 1.54) is 36.7 Å². The number of aromatic amines is 1. The van der Waals surface area contributed by atoms with Crippen molar-refractivity contribution in [2.75, 3.05) is 6.61 Å². The molecule has 122 valence electrons. The molecule has 9 heteroatoms. The summed E-state index contributed by atoms with van der Waals surface area (Å²) < 4.78 is 10.6. The maximum Gasteiger partial charge on any atom is 0.354 e. The Labute approximate surface area is 135 Å². The van der Waals surface area contributed by atoms with Gasteiger partial charge >= 0.3 is 5.97 Å². The van der Waals surface area contributed by atoms with E-state index >= 15 is 0 Å². The van der Waals surface area contributed by atoms with Crippen LogP contribution in [0, 0.1) is 10.1 Å². The number of benzene rings is 1. The molecule has 0 aliphatic carbocycles.